The molecule has 1 aromatic heterocycles. The number of hydrogen-bond donors (Lipinski definition) is 1. The number of rotatable bonds is 6. The molecule has 0 radical (unpaired) electrons. The van der Waals surface area contributed by atoms with Crippen LogP contribution in [0.4, 0.5) is 9.18 Å². The van der Waals surface area contributed by atoms with Gasteiger partial charge < -0.3 is 19.5 Å². The zero-order chi connectivity index (χ0) is 18.2. The summed E-state index contributed by atoms with van der Waals surface area (Å²) in [7, 11) is 1.25. The fourth-order valence-electron chi connectivity index (χ4n) is 1.45. The van der Waals surface area contributed by atoms with E-state index >= 15 is 0 Å². The average molecular weight is 340 g/mol. The Morgan fingerprint density at radius 3 is 2.54 bits per heavy atom. The molecule has 0 saturated heterocycles. The number of nitrogens with one attached hydrogen (secondary N) is 1. The molecule has 132 valence electrons. The van der Waals surface area contributed by atoms with Gasteiger partial charge in [0.15, 0.2) is 0 Å². The highest BCUT2D eigenvalue weighted by atomic mass is 19.1. The molecule has 1 heterocycles. The Morgan fingerprint density at radius 1 is 1.33 bits per heavy atom. The predicted octanol–water partition coefficient (Wildman–Crippen LogP) is 2.63. The van der Waals surface area contributed by atoms with Crippen molar-refractivity contribution in [1.82, 2.24) is 10.3 Å². The van der Waals surface area contributed by atoms with Gasteiger partial charge in [-0.05, 0) is 32.9 Å². The Morgan fingerprint density at radius 2 is 2.04 bits per heavy atom. The standard InChI is InChI=1S/C16H21FN2O5/c1-16(2,3)24-15(21)19-8-11(7-17)10-23-12-5-6-13(18-9-12)14(20)22-4/h5-6,9-10H,7-8H2,1-4H3,(H,19,21)/b11-10+. The Labute approximate surface area is 139 Å². The van der Waals surface area contributed by atoms with Crippen LogP contribution >= 0.6 is 0 Å². The third-order valence-corrected chi connectivity index (χ3v) is 2.52. The molecule has 0 bridgehead atoms. The van der Waals surface area contributed by atoms with Gasteiger partial charge in [-0.1, -0.05) is 0 Å². The van der Waals surface area contributed by atoms with Crippen LogP contribution in [0.3, 0.4) is 0 Å². The van der Waals surface area contributed by atoms with Crippen LogP contribution in [-0.2, 0) is 9.47 Å². The molecule has 1 aromatic rings. The van der Waals surface area contributed by atoms with Crippen molar-refractivity contribution >= 4 is 12.1 Å². The number of ether oxygens (including phenoxy) is 3. The fraction of sp³-hybridized carbons (Fsp3) is 0.438. The van der Waals surface area contributed by atoms with Gasteiger partial charge in [0, 0.05) is 12.1 Å². The van der Waals surface area contributed by atoms with E-state index in [1.807, 2.05) is 0 Å². The van der Waals surface area contributed by atoms with Crippen LogP contribution < -0.4 is 10.1 Å². The number of alkyl halides is 1. The van der Waals surface area contributed by atoms with Gasteiger partial charge in [-0.2, -0.15) is 0 Å². The van der Waals surface area contributed by atoms with Crippen molar-refractivity contribution in [2.45, 2.75) is 26.4 Å². The van der Waals surface area contributed by atoms with E-state index in [0.717, 1.165) is 0 Å². The van der Waals surface area contributed by atoms with Crippen LogP contribution in [0, 0.1) is 0 Å². The van der Waals surface area contributed by atoms with E-state index in [9.17, 15) is 14.0 Å². The number of esters is 1. The number of nitrogens with zero attached hydrogens (tertiary/aromatic N) is 1. The van der Waals surface area contributed by atoms with Crippen molar-refractivity contribution in [3.05, 3.63) is 35.9 Å². The maximum atomic E-state index is 12.9. The molecule has 8 heteroatoms. The van der Waals surface area contributed by atoms with E-state index in [1.165, 1.54) is 31.7 Å². The van der Waals surface area contributed by atoms with E-state index < -0.39 is 24.3 Å². The van der Waals surface area contributed by atoms with Gasteiger partial charge in [0.25, 0.3) is 0 Å². The summed E-state index contributed by atoms with van der Waals surface area (Å²) >= 11 is 0. The molecule has 0 unspecified atom stereocenters. The number of alkyl carbamates (subject to hydrolysis) is 1. The van der Waals surface area contributed by atoms with Crippen molar-refractivity contribution in [3.8, 4) is 5.75 Å². The van der Waals surface area contributed by atoms with Crippen LogP contribution in [0.2, 0.25) is 0 Å². The monoisotopic (exact) mass is 340 g/mol. The lowest BCUT2D eigenvalue weighted by atomic mass is 10.2. The molecule has 1 amide bonds. The molecule has 1 rings (SSSR count). The van der Waals surface area contributed by atoms with Crippen molar-refractivity contribution in [2.75, 3.05) is 20.3 Å². The van der Waals surface area contributed by atoms with Gasteiger partial charge in [0.05, 0.1) is 19.6 Å². The maximum absolute atomic E-state index is 12.9. The number of aromatic nitrogens is 1. The van der Waals surface area contributed by atoms with Crippen LogP contribution in [0.1, 0.15) is 31.3 Å². The first-order valence-electron chi connectivity index (χ1n) is 7.17. The Bertz CT molecular complexity index is 593. The Hall–Kier alpha value is -2.64. The highest BCUT2D eigenvalue weighted by Crippen LogP contribution is 2.11. The van der Waals surface area contributed by atoms with Crippen LogP contribution in [0.5, 0.6) is 5.75 Å². The highest BCUT2D eigenvalue weighted by molar-refractivity contribution is 5.87. The number of methoxy groups -OCH3 is 1. The van der Waals surface area contributed by atoms with Crippen LogP contribution in [-0.4, -0.2) is 43.0 Å². The summed E-state index contributed by atoms with van der Waals surface area (Å²) in [4.78, 5) is 26.6. The van der Waals surface area contributed by atoms with Gasteiger partial charge in [-0.15, -0.1) is 0 Å². The molecule has 7 nitrogen and oxygen atoms in total. The van der Waals surface area contributed by atoms with Crippen molar-refractivity contribution in [3.63, 3.8) is 0 Å². The SMILES string of the molecule is COC(=O)c1ccc(O/C=C(\CF)CNC(=O)OC(C)(C)C)cn1. The topological polar surface area (TPSA) is 86.8 Å². The molecule has 0 saturated carbocycles. The van der Waals surface area contributed by atoms with Gasteiger partial charge >= 0.3 is 12.1 Å². The second-order valence-electron chi connectivity index (χ2n) is 5.75. The number of amides is 1. The normalized spacial score (nSPS) is 11.6. The molecule has 0 spiro atoms. The summed E-state index contributed by atoms with van der Waals surface area (Å²) in [6.07, 6.45) is 1.83. The maximum Gasteiger partial charge on any atom is 0.407 e. The highest BCUT2D eigenvalue weighted by Gasteiger charge is 2.16. The van der Waals surface area contributed by atoms with Crippen molar-refractivity contribution < 1.29 is 28.2 Å². The lowest BCUT2D eigenvalue weighted by molar-refractivity contribution is 0.0530. The van der Waals surface area contributed by atoms with Crippen LogP contribution in [0.15, 0.2) is 30.2 Å². The van der Waals surface area contributed by atoms with E-state index in [4.69, 9.17) is 9.47 Å². The number of pyridine rings is 1. The fourth-order valence-corrected chi connectivity index (χ4v) is 1.45. The molecule has 0 aliphatic carbocycles. The Kier molecular flexibility index (Phi) is 7.16. The van der Waals surface area contributed by atoms with Crippen LogP contribution in [0.25, 0.3) is 0 Å². The largest absolute Gasteiger partial charge is 0.464 e. The van der Waals surface area contributed by atoms with Gasteiger partial charge in [-0.3, -0.25) is 0 Å². The summed E-state index contributed by atoms with van der Waals surface area (Å²) in [5.74, 6) is -0.256. The van der Waals surface area contributed by atoms with E-state index in [1.54, 1.807) is 20.8 Å². The first-order valence-corrected chi connectivity index (χ1v) is 7.17. The number of hydrogen-bond acceptors (Lipinski definition) is 6. The lowest BCUT2D eigenvalue weighted by Crippen LogP contribution is -2.33. The number of halogens is 1. The second-order valence-corrected chi connectivity index (χ2v) is 5.75. The molecule has 24 heavy (non-hydrogen) atoms. The third kappa shape index (κ3) is 7.08. The number of carbonyl (C=O) groups is 2. The molecular weight excluding hydrogens is 319 g/mol. The van der Waals surface area contributed by atoms with Gasteiger partial charge in [0.2, 0.25) is 0 Å². The molecule has 0 fully saturated rings. The summed E-state index contributed by atoms with van der Waals surface area (Å²) < 4.78 is 27.8. The predicted molar refractivity (Wildman–Crippen MR) is 84.5 cm³/mol. The van der Waals surface area contributed by atoms with Gasteiger partial charge in [-0.25, -0.2) is 19.0 Å². The van der Waals surface area contributed by atoms with Gasteiger partial charge in [0.1, 0.15) is 23.7 Å². The molecule has 0 atom stereocenters. The smallest absolute Gasteiger partial charge is 0.407 e. The average Bonchev–Trinajstić information content (AvgIpc) is 2.53. The zero-order valence-corrected chi connectivity index (χ0v) is 14.1. The molecule has 0 aliphatic heterocycles. The number of carbonyl (C=O) groups excluding carboxylic acids is 2. The molecule has 0 aliphatic rings. The molecule has 1 N–H and O–H groups in total. The van der Waals surface area contributed by atoms with E-state index in [0.29, 0.717) is 5.75 Å². The third-order valence-electron chi connectivity index (χ3n) is 2.52. The summed E-state index contributed by atoms with van der Waals surface area (Å²) in [5.41, 5.74) is -0.295. The second kappa shape index (κ2) is 8.85. The first-order chi connectivity index (χ1) is 11.2. The minimum atomic E-state index is -0.802. The minimum Gasteiger partial charge on any atom is -0.464 e. The zero-order valence-electron chi connectivity index (χ0n) is 14.1. The van der Waals surface area contributed by atoms with E-state index in [2.05, 4.69) is 15.0 Å². The van der Waals surface area contributed by atoms with Crippen molar-refractivity contribution in [2.24, 2.45) is 0 Å². The summed E-state index contributed by atoms with van der Waals surface area (Å²) in [6, 6.07) is 2.91. The lowest BCUT2D eigenvalue weighted by Gasteiger charge is -2.19. The summed E-state index contributed by atoms with van der Waals surface area (Å²) in [6.45, 7) is 4.33. The first kappa shape index (κ1) is 19.4. The van der Waals surface area contributed by atoms with E-state index in [-0.39, 0.29) is 17.8 Å². The molecule has 0 aromatic carbocycles. The minimum absolute atomic E-state index is 0.0565. The van der Waals surface area contributed by atoms with Crippen molar-refractivity contribution in [1.29, 1.82) is 0 Å². The quantitative estimate of drug-likeness (QED) is 0.633. The molecular formula is C16H21FN2O5. The summed E-state index contributed by atoms with van der Waals surface area (Å²) in [5, 5.41) is 2.43. The Balaban J connectivity index is 2.56.